The molecule has 0 atom stereocenters. The molecule has 0 radical (unpaired) electrons. The van der Waals surface area contributed by atoms with Gasteiger partial charge in [-0.05, 0) is 12.2 Å². The average molecular weight is 319 g/mol. The SMILES string of the molecule is NC(=O)[S-].NC(=O)[S-].NC(=S)OCCO.[Na+].[Na+]. The van der Waals surface area contributed by atoms with Crippen LogP contribution in [0.3, 0.4) is 0 Å². The van der Waals surface area contributed by atoms with Gasteiger partial charge in [-0.25, -0.2) is 0 Å². The molecule has 0 aliphatic heterocycles. The molecular formula is C5H11N3Na2O4S3. The van der Waals surface area contributed by atoms with Gasteiger partial charge in [0.05, 0.1) is 17.1 Å². The summed E-state index contributed by atoms with van der Waals surface area (Å²) in [5.41, 5.74) is 13.5. The van der Waals surface area contributed by atoms with Gasteiger partial charge in [-0.3, -0.25) is 0 Å². The van der Waals surface area contributed by atoms with E-state index in [1.165, 1.54) is 0 Å². The van der Waals surface area contributed by atoms with Crippen LogP contribution < -0.4 is 76.3 Å². The maximum Gasteiger partial charge on any atom is 1.00 e. The van der Waals surface area contributed by atoms with Crippen LogP contribution in [-0.2, 0) is 30.0 Å². The number of thiocarbonyl (C=S) groups is 1. The second kappa shape index (κ2) is 25.8. The zero-order valence-corrected chi connectivity index (χ0v) is 16.0. The molecule has 0 aliphatic carbocycles. The van der Waals surface area contributed by atoms with Crippen LogP contribution in [0.5, 0.6) is 0 Å². The van der Waals surface area contributed by atoms with E-state index in [4.69, 9.17) is 20.4 Å². The first-order valence-electron chi connectivity index (χ1n) is 3.20. The van der Waals surface area contributed by atoms with Gasteiger partial charge >= 0.3 is 59.1 Å². The summed E-state index contributed by atoms with van der Waals surface area (Å²) in [5.74, 6) is 0. The molecule has 7 N–H and O–H groups in total. The Hall–Kier alpha value is 1.03. The van der Waals surface area contributed by atoms with Crippen molar-refractivity contribution in [1.82, 2.24) is 0 Å². The normalized spacial score (nSPS) is 6.18. The molecule has 90 valence electrons. The smallest absolute Gasteiger partial charge is 0.719 e. The van der Waals surface area contributed by atoms with Gasteiger partial charge in [0.25, 0.3) is 5.17 Å². The van der Waals surface area contributed by atoms with Crippen molar-refractivity contribution in [1.29, 1.82) is 0 Å². The molecule has 0 bridgehead atoms. The fourth-order valence-corrected chi connectivity index (χ4v) is 0.230. The second-order valence-corrected chi connectivity index (χ2v) is 2.74. The minimum atomic E-state index is -0.750. The number of amides is 2. The summed E-state index contributed by atoms with van der Waals surface area (Å²) in [7, 11) is 0. The molecule has 17 heavy (non-hydrogen) atoms. The van der Waals surface area contributed by atoms with E-state index in [0.29, 0.717) is 0 Å². The number of rotatable bonds is 2. The van der Waals surface area contributed by atoms with Crippen molar-refractivity contribution in [2.45, 2.75) is 0 Å². The van der Waals surface area contributed by atoms with Crippen LogP contribution >= 0.6 is 12.2 Å². The standard InChI is InChI=1S/C3H7NO2S.2CH3NOS.2Na/c4-3(7)6-2-1-5;2*2-1(3)4;;/h5H,1-2H2,(H2,4,7);2*(H3,2,3,4);;/q;;;2*+1/p-2. The Balaban J connectivity index is -0.0000000425. The largest absolute Gasteiger partial charge is 1.00 e. The maximum absolute atomic E-state index is 9.04. The Morgan fingerprint density at radius 2 is 1.35 bits per heavy atom. The number of aliphatic hydroxyl groups excluding tert-OH is 1. The van der Waals surface area contributed by atoms with Crippen molar-refractivity contribution >= 4 is 53.1 Å². The molecule has 0 aromatic rings. The summed E-state index contributed by atoms with van der Waals surface area (Å²) < 4.78 is 4.45. The van der Waals surface area contributed by atoms with Gasteiger partial charge in [0.1, 0.15) is 6.61 Å². The summed E-state index contributed by atoms with van der Waals surface area (Å²) in [6, 6.07) is 0. The Morgan fingerprint density at radius 1 is 1.12 bits per heavy atom. The minimum absolute atomic E-state index is 0. The van der Waals surface area contributed by atoms with Crippen molar-refractivity contribution in [3.63, 3.8) is 0 Å². The zero-order chi connectivity index (χ0) is 12.9. The predicted octanol–water partition coefficient (Wildman–Crippen LogP) is -7.53. The third-order valence-electron chi connectivity index (χ3n) is 0.336. The number of carbonyl (C=O) groups excluding carboxylic acids is 2. The van der Waals surface area contributed by atoms with E-state index in [2.05, 4.69) is 53.7 Å². The van der Waals surface area contributed by atoms with Gasteiger partial charge < -0.3 is 61.9 Å². The first-order valence-corrected chi connectivity index (χ1v) is 4.42. The van der Waals surface area contributed by atoms with E-state index in [0.717, 1.165) is 0 Å². The number of nitrogens with two attached hydrogens (primary N) is 3. The van der Waals surface area contributed by atoms with Crippen LogP contribution in [0.2, 0.25) is 0 Å². The molecule has 7 nitrogen and oxygen atoms in total. The van der Waals surface area contributed by atoms with Crippen LogP contribution in [0.4, 0.5) is 9.59 Å². The van der Waals surface area contributed by atoms with E-state index < -0.39 is 10.5 Å². The molecule has 0 aromatic heterocycles. The molecule has 0 aromatic carbocycles. The molecule has 12 heteroatoms. The Labute approximate surface area is 160 Å². The Bertz CT molecular complexity index is 191. The molecule has 0 heterocycles. The summed E-state index contributed by atoms with van der Waals surface area (Å²) in [6.07, 6.45) is 0. The van der Waals surface area contributed by atoms with Crippen LogP contribution in [-0.4, -0.2) is 34.0 Å². The van der Waals surface area contributed by atoms with Crippen LogP contribution in [0, 0.1) is 0 Å². The predicted molar refractivity (Wildman–Crippen MR) is 63.7 cm³/mol. The van der Waals surface area contributed by atoms with E-state index >= 15 is 0 Å². The average Bonchev–Trinajstić information content (AvgIpc) is 1.98. The fourth-order valence-electron chi connectivity index (χ4n) is 0.146. The number of hydrogen-bond acceptors (Lipinski definition) is 7. The van der Waals surface area contributed by atoms with Gasteiger partial charge in [-0.1, -0.05) is 0 Å². The third-order valence-corrected chi connectivity index (χ3v) is 0.453. The van der Waals surface area contributed by atoms with E-state index in [-0.39, 0.29) is 77.5 Å². The molecule has 0 rings (SSSR count). The first kappa shape index (κ1) is 30.8. The van der Waals surface area contributed by atoms with E-state index in [1.807, 2.05) is 0 Å². The summed E-state index contributed by atoms with van der Waals surface area (Å²) in [5, 5.41) is 6.56. The molecule has 2 amide bonds. The van der Waals surface area contributed by atoms with Crippen LogP contribution in [0.15, 0.2) is 0 Å². The molecule has 0 aliphatic rings. The van der Waals surface area contributed by atoms with Gasteiger partial charge in [0.2, 0.25) is 0 Å². The zero-order valence-electron chi connectivity index (χ0n) is 9.54. The molecule has 0 fully saturated rings. The van der Waals surface area contributed by atoms with Crippen molar-refractivity contribution in [3.05, 3.63) is 0 Å². The summed E-state index contributed by atoms with van der Waals surface area (Å²) in [4.78, 5) is 18.1. The van der Waals surface area contributed by atoms with Crippen molar-refractivity contribution < 1.29 is 78.5 Å². The Morgan fingerprint density at radius 3 is 1.41 bits per heavy atom. The molecule has 0 saturated carbocycles. The molecule has 0 spiro atoms. The molecule has 0 saturated heterocycles. The van der Waals surface area contributed by atoms with E-state index in [9.17, 15) is 0 Å². The first-order chi connectivity index (χ1) is 6.73. The summed E-state index contributed by atoms with van der Waals surface area (Å²) >= 11 is 11.8. The number of aliphatic hydroxyl groups is 1. The minimum Gasteiger partial charge on any atom is -0.719 e. The monoisotopic (exact) mass is 319 g/mol. The maximum atomic E-state index is 9.04. The van der Waals surface area contributed by atoms with Gasteiger partial charge in [0.15, 0.2) is 0 Å². The van der Waals surface area contributed by atoms with Gasteiger partial charge in [-0.15, -0.1) is 0 Å². The molecule has 0 unspecified atom stereocenters. The van der Waals surface area contributed by atoms with Crippen LogP contribution in [0.1, 0.15) is 0 Å². The van der Waals surface area contributed by atoms with Crippen molar-refractivity contribution in [3.8, 4) is 0 Å². The van der Waals surface area contributed by atoms with Crippen molar-refractivity contribution in [2.24, 2.45) is 17.2 Å². The third kappa shape index (κ3) is 152. The van der Waals surface area contributed by atoms with Crippen molar-refractivity contribution in [2.75, 3.05) is 13.2 Å². The number of primary amides is 2. The number of ether oxygens (including phenoxy) is 1. The fraction of sp³-hybridized carbons (Fsp3) is 0.400. The number of carbonyl (C=O) groups is 2. The number of hydrogen-bond donors (Lipinski definition) is 4. The Kier molecular flexibility index (Phi) is 46.7. The van der Waals surface area contributed by atoms with Crippen LogP contribution in [0.25, 0.3) is 0 Å². The van der Waals surface area contributed by atoms with Gasteiger partial charge in [0, 0.05) is 0 Å². The quantitative estimate of drug-likeness (QED) is 0.223. The topological polar surface area (TPSA) is 142 Å². The second-order valence-electron chi connectivity index (χ2n) is 1.53. The van der Waals surface area contributed by atoms with E-state index in [1.54, 1.807) is 0 Å². The summed E-state index contributed by atoms with van der Waals surface area (Å²) in [6.45, 7) is 0.146. The molecular weight excluding hydrogens is 308 g/mol. The van der Waals surface area contributed by atoms with Gasteiger partial charge in [-0.2, -0.15) is 0 Å².